The highest BCUT2D eigenvalue weighted by Crippen LogP contribution is 2.47. The van der Waals surface area contributed by atoms with E-state index in [9.17, 15) is 9.90 Å². The molecule has 0 fully saturated rings. The maximum atomic E-state index is 15.0. The lowest BCUT2D eigenvalue weighted by atomic mass is 9.86. The van der Waals surface area contributed by atoms with Crippen molar-refractivity contribution in [2.24, 2.45) is 5.92 Å². The van der Waals surface area contributed by atoms with Gasteiger partial charge in [0.2, 0.25) is 8.41 Å². The van der Waals surface area contributed by atoms with Crippen molar-refractivity contribution in [1.29, 1.82) is 0 Å². The van der Waals surface area contributed by atoms with Crippen molar-refractivity contribution in [3.05, 3.63) is 59.7 Å². The molecule has 0 radical (unpaired) electrons. The molecule has 3 rings (SSSR count). The first-order chi connectivity index (χ1) is 14.3. The Kier molecular flexibility index (Phi) is 6.95. The fraction of sp³-hybridized carbons (Fsp3) is 0.435. The predicted octanol–water partition coefficient (Wildman–Crippen LogP) is 4.95. The van der Waals surface area contributed by atoms with Gasteiger partial charge in [-0.15, -0.1) is 0 Å². The number of nitrogens with one attached hydrogen (secondary N) is 1. The van der Waals surface area contributed by atoms with E-state index in [1.54, 1.807) is 44.5 Å². The molecule has 162 valence electrons. The molecule has 0 bridgehead atoms. The van der Waals surface area contributed by atoms with Crippen LogP contribution in [0.5, 0.6) is 5.75 Å². The topological polar surface area (TPSA) is 67.8 Å². The van der Waals surface area contributed by atoms with E-state index in [1.165, 1.54) is 0 Å². The monoisotopic (exact) mass is 431 g/mol. The molecule has 2 aromatic rings. The number of fused-ring (bicyclic) bond motifs is 1. The standard InChI is InChI=1S/C23H30FNO4Si/c1-15-21(28-2)18-14-17(25-23(27)16-8-6-5-7-9-16)10-11-19(18)29-22(15)20(12-13-26)30(3,4)24/h5-11,14-15,20-22,26H,12-13H2,1-4H3,(H,25,27)/t15-,20?,21-,22-/m0/s1. The molecule has 1 heterocycles. The average molecular weight is 432 g/mol. The Hall–Kier alpha value is -2.22. The van der Waals surface area contributed by atoms with Crippen molar-refractivity contribution >= 4 is 20.0 Å². The van der Waals surface area contributed by atoms with E-state index in [4.69, 9.17) is 9.47 Å². The summed E-state index contributed by atoms with van der Waals surface area (Å²) in [5.74, 6) is 0.325. The van der Waals surface area contributed by atoms with Crippen LogP contribution in [-0.2, 0) is 4.74 Å². The van der Waals surface area contributed by atoms with Crippen LogP contribution >= 0.6 is 0 Å². The highest BCUT2D eigenvalue weighted by Gasteiger charge is 2.47. The molecule has 2 N–H and O–H groups in total. The lowest BCUT2D eigenvalue weighted by Gasteiger charge is -2.43. The molecule has 4 atom stereocenters. The Morgan fingerprint density at radius 2 is 1.97 bits per heavy atom. The molecular weight excluding hydrogens is 401 g/mol. The van der Waals surface area contributed by atoms with Gasteiger partial charge in [0, 0.05) is 42.0 Å². The van der Waals surface area contributed by atoms with E-state index >= 15 is 4.11 Å². The first kappa shape index (κ1) is 22.5. The van der Waals surface area contributed by atoms with Crippen LogP contribution in [0, 0.1) is 5.92 Å². The summed E-state index contributed by atoms with van der Waals surface area (Å²) in [6.07, 6.45) is -0.322. The van der Waals surface area contributed by atoms with E-state index in [-0.39, 0.29) is 36.2 Å². The van der Waals surface area contributed by atoms with E-state index < -0.39 is 8.41 Å². The van der Waals surface area contributed by atoms with Gasteiger partial charge in [-0.05, 0) is 49.8 Å². The summed E-state index contributed by atoms with van der Waals surface area (Å²) in [4.78, 5) is 12.5. The van der Waals surface area contributed by atoms with Gasteiger partial charge in [0.05, 0.1) is 6.10 Å². The second kappa shape index (κ2) is 9.28. The van der Waals surface area contributed by atoms with Crippen LogP contribution in [0.3, 0.4) is 0 Å². The van der Waals surface area contributed by atoms with Gasteiger partial charge in [-0.25, -0.2) is 0 Å². The van der Waals surface area contributed by atoms with Crippen LogP contribution in [0.15, 0.2) is 48.5 Å². The molecule has 5 nitrogen and oxygen atoms in total. The largest absolute Gasteiger partial charge is 0.490 e. The summed E-state index contributed by atoms with van der Waals surface area (Å²) in [6, 6.07) is 14.4. The third-order valence-electron chi connectivity index (χ3n) is 5.84. The van der Waals surface area contributed by atoms with Gasteiger partial charge in [0.1, 0.15) is 11.9 Å². The van der Waals surface area contributed by atoms with Crippen LogP contribution in [0.2, 0.25) is 18.6 Å². The zero-order chi connectivity index (χ0) is 21.9. The maximum absolute atomic E-state index is 15.0. The Labute approximate surface area is 178 Å². The van der Waals surface area contributed by atoms with Crippen LogP contribution in [0.4, 0.5) is 9.80 Å². The molecular formula is C23H30FNO4Si. The smallest absolute Gasteiger partial charge is 0.255 e. The first-order valence-electron chi connectivity index (χ1n) is 10.3. The molecule has 0 aliphatic carbocycles. The quantitative estimate of drug-likeness (QED) is 0.481. The van der Waals surface area contributed by atoms with Crippen LogP contribution in [0.25, 0.3) is 0 Å². The molecule has 1 amide bonds. The third-order valence-corrected chi connectivity index (χ3v) is 8.22. The minimum absolute atomic E-state index is 0.0768. The van der Waals surface area contributed by atoms with Crippen LogP contribution in [-0.4, -0.2) is 39.2 Å². The highest BCUT2D eigenvalue weighted by atomic mass is 28.4. The number of aliphatic hydroxyl groups is 1. The fourth-order valence-electron chi connectivity index (χ4n) is 4.29. The Morgan fingerprint density at radius 1 is 1.27 bits per heavy atom. The SMILES string of the molecule is CO[C@@H]1c2cc(NC(=O)c3ccccc3)ccc2O[C@H](C(CCO)[Si](C)(C)F)[C@H]1C. The second-order valence-electron chi connectivity index (χ2n) is 8.35. The minimum Gasteiger partial charge on any atom is -0.490 e. The number of hydrogen-bond acceptors (Lipinski definition) is 4. The zero-order valence-corrected chi connectivity index (χ0v) is 18.9. The van der Waals surface area contributed by atoms with Crippen molar-refractivity contribution in [3.63, 3.8) is 0 Å². The maximum Gasteiger partial charge on any atom is 0.255 e. The van der Waals surface area contributed by atoms with Gasteiger partial charge < -0.3 is 24.0 Å². The number of benzene rings is 2. The molecule has 0 saturated heterocycles. The second-order valence-corrected chi connectivity index (χ2v) is 12.2. The van der Waals surface area contributed by atoms with Crippen molar-refractivity contribution in [2.75, 3.05) is 19.0 Å². The molecule has 0 saturated carbocycles. The molecule has 7 heteroatoms. The van der Waals surface area contributed by atoms with E-state index in [0.717, 1.165) is 5.56 Å². The molecule has 1 aliphatic rings. The molecule has 2 aromatic carbocycles. The molecule has 0 aromatic heterocycles. The summed E-state index contributed by atoms with van der Waals surface area (Å²) < 4.78 is 27.1. The number of methoxy groups -OCH3 is 1. The number of halogens is 1. The van der Waals surface area contributed by atoms with Crippen LogP contribution < -0.4 is 10.1 Å². The number of rotatable bonds is 7. The number of ether oxygens (including phenoxy) is 2. The summed E-state index contributed by atoms with van der Waals surface area (Å²) >= 11 is 0. The Bertz CT molecular complexity index is 871. The fourth-order valence-corrected chi connectivity index (χ4v) is 6.25. The third kappa shape index (κ3) is 4.74. The summed E-state index contributed by atoms with van der Waals surface area (Å²) in [7, 11) is -1.44. The van der Waals surface area contributed by atoms with Gasteiger partial charge in [-0.2, -0.15) is 0 Å². The summed E-state index contributed by atoms with van der Waals surface area (Å²) in [5.41, 5.74) is 1.70. The number of aliphatic hydroxyl groups excluding tert-OH is 1. The normalized spacial score (nSPS) is 22.0. The Balaban J connectivity index is 1.88. The molecule has 1 unspecified atom stereocenters. The molecule has 30 heavy (non-hydrogen) atoms. The van der Waals surface area contributed by atoms with E-state index in [0.29, 0.717) is 23.4 Å². The predicted molar refractivity (Wildman–Crippen MR) is 118 cm³/mol. The number of anilines is 1. The van der Waals surface area contributed by atoms with E-state index in [2.05, 4.69) is 5.32 Å². The minimum atomic E-state index is -3.07. The van der Waals surface area contributed by atoms with Crippen molar-refractivity contribution in [2.45, 2.75) is 44.2 Å². The molecule has 0 spiro atoms. The van der Waals surface area contributed by atoms with Gasteiger partial charge in [-0.3, -0.25) is 4.79 Å². The highest BCUT2D eigenvalue weighted by molar-refractivity contribution is 6.72. The number of carbonyl (C=O) groups is 1. The average Bonchev–Trinajstić information content (AvgIpc) is 2.72. The van der Waals surface area contributed by atoms with Crippen molar-refractivity contribution in [1.82, 2.24) is 0 Å². The van der Waals surface area contributed by atoms with Crippen molar-refractivity contribution in [3.8, 4) is 5.75 Å². The zero-order valence-electron chi connectivity index (χ0n) is 17.9. The van der Waals surface area contributed by atoms with Crippen molar-refractivity contribution < 1.29 is 23.5 Å². The Morgan fingerprint density at radius 3 is 2.57 bits per heavy atom. The van der Waals surface area contributed by atoms with Gasteiger partial charge in [0.25, 0.3) is 5.91 Å². The van der Waals surface area contributed by atoms with Crippen LogP contribution in [0.1, 0.15) is 35.4 Å². The number of carbonyl (C=O) groups excluding carboxylic acids is 1. The van der Waals surface area contributed by atoms with E-state index in [1.807, 2.05) is 31.2 Å². The number of hydrogen-bond donors (Lipinski definition) is 2. The van der Waals surface area contributed by atoms with Gasteiger partial charge >= 0.3 is 0 Å². The lowest BCUT2D eigenvalue weighted by Crippen LogP contribution is -2.46. The van der Waals surface area contributed by atoms with Gasteiger partial charge in [-0.1, -0.05) is 25.1 Å². The number of amides is 1. The summed E-state index contributed by atoms with van der Waals surface area (Å²) in [5, 5.41) is 12.4. The lowest BCUT2D eigenvalue weighted by molar-refractivity contribution is -0.0250. The summed E-state index contributed by atoms with van der Waals surface area (Å²) in [6.45, 7) is 5.22. The first-order valence-corrected chi connectivity index (χ1v) is 13.2. The molecule has 1 aliphatic heterocycles. The van der Waals surface area contributed by atoms with Gasteiger partial charge in [0.15, 0.2) is 0 Å².